The minimum Gasteiger partial charge on any atom is -0.493 e. The van der Waals surface area contributed by atoms with Crippen LogP contribution in [0.25, 0.3) is 0 Å². The third-order valence-electron chi connectivity index (χ3n) is 6.72. The van der Waals surface area contributed by atoms with E-state index in [1.807, 2.05) is 4.72 Å². The highest BCUT2D eigenvalue weighted by molar-refractivity contribution is 7.90. The van der Waals surface area contributed by atoms with Gasteiger partial charge in [0.15, 0.2) is 0 Å². The molecular weight excluding hydrogens is 580 g/mol. The lowest BCUT2D eigenvalue weighted by molar-refractivity contribution is -0.274. The zero-order valence-corrected chi connectivity index (χ0v) is 23.0. The fourth-order valence-corrected chi connectivity index (χ4v) is 5.19. The van der Waals surface area contributed by atoms with E-state index in [4.69, 9.17) is 16.3 Å². The molecule has 2 fully saturated rings. The number of hydrogen-bond donors (Lipinski definition) is 1. The third kappa shape index (κ3) is 7.78. The highest BCUT2D eigenvalue weighted by Crippen LogP contribution is 2.45. The molecule has 4 rings (SSSR count). The normalized spacial score (nSPS) is 16.5. The fourth-order valence-electron chi connectivity index (χ4n) is 4.42. The summed E-state index contributed by atoms with van der Waals surface area (Å²) < 4.78 is 87.7. The highest BCUT2D eigenvalue weighted by atomic mass is 35.5. The summed E-state index contributed by atoms with van der Waals surface area (Å²) in [6.45, 7) is 2.23. The molecule has 2 aliphatic rings. The fraction of sp³-hybridized carbons (Fsp3) is 0.462. The number of carbonyl (C=O) groups is 2. The minimum absolute atomic E-state index is 0.0142. The van der Waals surface area contributed by atoms with Gasteiger partial charge in [0.05, 0.1) is 17.9 Å². The molecule has 0 radical (unpaired) electrons. The molecule has 1 heterocycles. The van der Waals surface area contributed by atoms with E-state index in [0.29, 0.717) is 31.5 Å². The molecule has 2 aromatic rings. The summed E-state index contributed by atoms with van der Waals surface area (Å²) in [5.41, 5.74) is 0.232. The third-order valence-corrected chi connectivity index (χ3v) is 8.19. The van der Waals surface area contributed by atoms with Crippen molar-refractivity contribution in [1.29, 1.82) is 0 Å². The Labute approximate surface area is 233 Å². The molecule has 14 heteroatoms. The first-order chi connectivity index (χ1) is 18.7. The molecule has 1 N–H and O–H groups in total. The number of rotatable bonds is 9. The van der Waals surface area contributed by atoms with Crippen LogP contribution in [0.3, 0.4) is 0 Å². The molecule has 40 heavy (non-hydrogen) atoms. The molecule has 1 aliphatic carbocycles. The molecular formula is C26H27ClF4N2O6S. The van der Waals surface area contributed by atoms with Gasteiger partial charge in [-0.3, -0.25) is 9.59 Å². The van der Waals surface area contributed by atoms with Crippen LogP contribution in [0, 0.1) is 11.7 Å². The smallest absolute Gasteiger partial charge is 0.493 e. The largest absolute Gasteiger partial charge is 0.573 e. The number of carbonyl (C=O) groups excluding carboxylic acids is 2. The van der Waals surface area contributed by atoms with E-state index in [2.05, 4.69) is 4.74 Å². The number of alkyl halides is 3. The van der Waals surface area contributed by atoms with Crippen LogP contribution < -0.4 is 14.2 Å². The van der Waals surface area contributed by atoms with Gasteiger partial charge in [0.25, 0.3) is 11.8 Å². The number of amides is 2. The first-order valence-corrected chi connectivity index (χ1v) is 14.6. The lowest BCUT2D eigenvalue weighted by atomic mass is 9.97. The van der Waals surface area contributed by atoms with Gasteiger partial charge in [-0.2, -0.15) is 0 Å². The van der Waals surface area contributed by atoms with Gasteiger partial charge in [0.2, 0.25) is 10.0 Å². The molecule has 8 nitrogen and oxygen atoms in total. The maximum Gasteiger partial charge on any atom is 0.573 e. The molecule has 0 atom stereocenters. The van der Waals surface area contributed by atoms with E-state index >= 15 is 0 Å². The van der Waals surface area contributed by atoms with E-state index in [9.17, 15) is 35.6 Å². The Kier molecular flexibility index (Phi) is 8.83. The highest BCUT2D eigenvalue weighted by Gasteiger charge is 2.33. The molecule has 2 aromatic carbocycles. The van der Waals surface area contributed by atoms with Gasteiger partial charge >= 0.3 is 6.36 Å². The van der Waals surface area contributed by atoms with Crippen LogP contribution in [0.1, 0.15) is 64.8 Å². The Morgan fingerprint density at radius 1 is 1.07 bits per heavy atom. The number of likely N-dealkylation sites (tertiary alicyclic amines) is 1. The molecule has 1 saturated heterocycles. The Morgan fingerprint density at radius 3 is 2.35 bits per heavy atom. The summed E-state index contributed by atoms with van der Waals surface area (Å²) in [6, 6.07) is 5.68. The number of hydrogen-bond acceptors (Lipinski definition) is 6. The lowest BCUT2D eigenvalue weighted by Crippen LogP contribution is -2.39. The number of ether oxygens (including phenoxy) is 2. The standard InChI is InChI=1S/C26H27ClF4N2O6S/c1-2-40(36,37)32-24(34)21-12-20(16-3-4-16)23(13-22(21)28)38-14-15-5-7-33(8-6-15)25(35)17-9-18(27)11-19(10-17)39-26(29,30)31/h9-13,15-16H,2-8,14H2,1H3,(H,32,34). The summed E-state index contributed by atoms with van der Waals surface area (Å²) in [6.07, 6.45) is -2.19. The number of sulfonamides is 1. The van der Waals surface area contributed by atoms with Crippen LogP contribution in [0.4, 0.5) is 17.6 Å². The van der Waals surface area contributed by atoms with Crippen molar-refractivity contribution in [2.45, 2.75) is 44.9 Å². The van der Waals surface area contributed by atoms with E-state index in [1.54, 1.807) is 0 Å². The number of piperidine rings is 1. The van der Waals surface area contributed by atoms with Crippen molar-refractivity contribution in [2.75, 3.05) is 25.4 Å². The summed E-state index contributed by atoms with van der Waals surface area (Å²) in [5.74, 6) is -2.96. The Morgan fingerprint density at radius 2 is 1.75 bits per heavy atom. The van der Waals surface area contributed by atoms with E-state index < -0.39 is 39.8 Å². The van der Waals surface area contributed by atoms with Crippen LogP contribution in [-0.2, 0) is 10.0 Å². The molecule has 218 valence electrons. The van der Waals surface area contributed by atoms with Gasteiger partial charge in [-0.05, 0) is 74.3 Å². The summed E-state index contributed by atoms with van der Waals surface area (Å²) in [4.78, 5) is 26.8. The number of nitrogens with zero attached hydrogens (tertiary/aromatic N) is 1. The molecule has 0 unspecified atom stereocenters. The Balaban J connectivity index is 1.37. The molecule has 0 bridgehead atoms. The molecule has 0 aromatic heterocycles. The molecule has 1 saturated carbocycles. The number of halogens is 5. The summed E-state index contributed by atoms with van der Waals surface area (Å²) >= 11 is 5.89. The van der Waals surface area contributed by atoms with Crippen LogP contribution in [0.2, 0.25) is 5.02 Å². The van der Waals surface area contributed by atoms with Gasteiger partial charge < -0.3 is 14.4 Å². The average Bonchev–Trinajstić information content (AvgIpc) is 3.71. The van der Waals surface area contributed by atoms with Crippen LogP contribution in [-0.4, -0.2) is 56.9 Å². The monoisotopic (exact) mass is 606 g/mol. The summed E-state index contributed by atoms with van der Waals surface area (Å²) in [5, 5.41) is -0.0671. The van der Waals surface area contributed by atoms with Gasteiger partial charge in [-0.25, -0.2) is 17.5 Å². The van der Waals surface area contributed by atoms with Crippen LogP contribution in [0.15, 0.2) is 30.3 Å². The maximum atomic E-state index is 14.8. The van der Waals surface area contributed by atoms with Gasteiger partial charge in [0, 0.05) is 29.7 Å². The second kappa shape index (κ2) is 11.8. The van der Waals surface area contributed by atoms with E-state index in [0.717, 1.165) is 31.0 Å². The van der Waals surface area contributed by atoms with Crippen molar-refractivity contribution >= 4 is 33.4 Å². The van der Waals surface area contributed by atoms with Crippen molar-refractivity contribution in [2.24, 2.45) is 5.92 Å². The molecule has 1 aliphatic heterocycles. The minimum atomic E-state index is -4.92. The predicted octanol–water partition coefficient (Wildman–Crippen LogP) is 5.27. The Hall–Kier alpha value is -3.06. The topological polar surface area (TPSA) is 102 Å². The van der Waals surface area contributed by atoms with Crippen molar-refractivity contribution < 1.29 is 45.0 Å². The van der Waals surface area contributed by atoms with Gasteiger partial charge in [0.1, 0.15) is 17.3 Å². The van der Waals surface area contributed by atoms with Crippen LogP contribution in [0.5, 0.6) is 11.5 Å². The van der Waals surface area contributed by atoms with Gasteiger partial charge in [-0.1, -0.05) is 11.6 Å². The Bertz CT molecular complexity index is 1390. The van der Waals surface area contributed by atoms with E-state index in [1.165, 1.54) is 24.0 Å². The summed E-state index contributed by atoms with van der Waals surface area (Å²) in [7, 11) is -3.86. The molecule has 0 spiro atoms. The second-order valence-electron chi connectivity index (χ2n) is 9.75. The van der Waals surface area contributed by atoms with Gasteiger partial charge in [-0.15, -0.1) is 13.2 Å². The average molecular weight is 607 g/mol. The maximum absolute atomic E-state index is 14.8. The predicted molar refractivity (Wildman–Crippen MR) is 138 cm³/mol. The zero-order chi connectivity index (χ0) is 29.2. The number of benzene rings is 2. The second-order valence-corrected chi connectivity index (χ2v) is 12.2. The first-order valence-electron chi connectivity index (χ1n) is 12.6. The molecule has 2 amide bonds. The van der Waals surface area contributed by atoms with Crippen molar-refractivity contribution in [3.05, 3.63) is 57.9 Å². The van der Waals surface area contributed by atoms with Crippen molar-refractivity contribution in [1.82, 2.24) is 9.62 Å². The first kappa shape index (κ1) is 29.9. The zero-order valence-electron chi connectivity index (χ0n) is 21.4. The van der Waals surface area contributed by atoms with E-state index in [-0.39, 0.29) is 46.1 Å². The van der Waals surface area contributed by atoms with Crippen molar-refractivity contribution in [3.8, 4) is 11.5 Å². The van der Waals surface area contributed by atoms with Crippen LogP contribution >= 0.6 is 11.6 Å². The quantitative estimate of drug-likeness (QED) is 0.391. The van der Waals surface area contributed by atoms with Crippen molar-refractivity contribution in [3.63, 3.8) is 0 Å². The lowest BCUT2D eigenvalue weighted by Gasteiger charge is -2.32. The SMILES string of the molecule is CCS(=O)(=O)NC(=O)c1cc(C2CC2)c(OCC2CCN(C(=O)c3cc(Cl)cc(OC(F)(F)F)c3)CC2)cc1F. The number of nitrogens with one attached hydrogen (secondary N) is 1.